The van der Waals surface area contributed by atoms with Crippen molar-refractivity contribution < 1.29 is 13.9 Å². The Morgan fingerprint density at radius 1 is 1.29 bits per heavy atom. The summed E-state index contributed by atoms with van der Waals surface area (Å²) >= 11 is 5.00. The number of amides is 1. The van der Waals surface area contributed by atoms with Crippen molar-refractivity contribution in [2.75, 3.05) is 13.2 Å². The summed E-state index contributed by atoms with van der Waals surface area (Å²) in [4.78, 5) is 11.5. The summed E-state index contributed by atoms with van der Waals surface area (Å²) in [6.45, 7) is 4.79. The van der Waals surface area contributed by atoms with Crippen molar-refractivity contribution >= 4 is 23.2 Å². The van der Waals surface area contributed by atoms with Gasteiger partial charge in [0.15, 0.2) is 11.7 Å². The van der Waals surface area contributed by atoms with Gasteiger partial charge < -0.3 is 10.1 Å². The molecular weight excluding hydrogens is 293 g/mol. The predicted molar refractivity (Wildman–Crippen MR) is 83.2 cm³/mol. The van der Waals surface area contributed by atoms with Crippen molar-refractivity contribution in [2.24, 2.45) is 5.92 Å². The first kappa shape index (κ1) is 17.2. The third-order valence-electron chi connectivity index (χ3n) is 2.51. The maximum Gasteiger partial charge on any atom is 0.276 e. The largest absolute Gasteiger partial charge is 0.484 e. The van der Waals surface area contributed by atoms with Gasteiger partial charge in [-0.25, -0.2) is 4.39 Å². The molecule has 0 unspecified atom stereocenters. The predicted octanol–water partition coefficient (Wildman–Crippen LogP) is 1.75. The number of benzene rings is 1. The van der Waals surface area contributed by atoms with E-state index < -0.39 is 0 Å². The van der Waals surface area contributed by atoms with Crippen LogP contribution in [-0.2, 0) is 4.79 Å². The average molecular weight is 313 g/mol. The van der Waals surface area contributed by atoms with Crippen LogP contribution in [-0.4, -0.2) is 24.2 Å². The fraction of sp³-hybridized carbons (Fsp3) is 0.429. The molecule has 1 aromatic rings. The van der Waals surface area contributed by atoms with Gasteiger partial charge in [0, 0.05) is 6.54 Å². The SMILES string of the molecule is CC(C)CCNC(=S)NNC(=O)COc1ccc(F)cc1. The summed E-state index contributed by atoms with van der Waals surface area (Å²) in [7, 11) is 0. The van der Waals surface area contributed by atoms with Crippen LogP contribution < -0.4 is 20.9 Å². The number of hydrogen-bond acceptors (Lipinski definition) is 3. The second kappa shape index (κ2) is 9.12. The van der Waals surface area contributed by atoms with E-state index in [-0.39, 0.29) is 18.3 Å². The molecule has 0 heterocycles. The summed E-state index contributed by atoms with van der Waals surface area (Å²) in [5.74, 6) is 0.266. The number of halogens is 1. The Morgan fingerprint density at radius 3 is 2.57 bits per heavy atom. The van der Waals surface area contributed by atoms with E-state index >= 15 is 0 Å². The Labute approximate surface area is 129 Å². The van der Waals surface area contributed by atoms with Crippen LogP contribution in [0.2, 0.25) is 0 Å². The van der Waals surface area contributed by atoms with Crippen LogP contribution in [0, 0.1) is 11.7 Å². The van der Waals surface area contributed by atoms with Gasteiger partial charge in [0.1, 0.15) is 11.6 Å². The van der Waals surface area contributed by atoms with Crippen LogP contribution in [0.5, 0.6) is 5.75 Å². The number of thiocarbonyl (C=S) groups is 1. The minimum absolute atomic E-state index is 0.187. The molecule has 0 saturated carbocycles. The Morgan fingerprint density at radius 2 is 1.95 bits per heavy atom. The van der Waals surface area contributed by atoms with Gasteiger partial charge >= 0.3 is 0 Å². The van der Waals surface area contributed by atoms with E-state index in [2.05, 4.69) is 30.0 Å². The lowest BCUT2D eigenvalue weighted by Crippen LogP contribution is -2.48. The molecule has 1 aromatic carbocycles. The van der Waals surface area contributed by atoms with E-state index in [0.717, 1.165) is 13.0 Å². The van der Waals surface area contributed by atoms with Gasteiger partial charge in [0.2, 0.25) is 0 Å². The van der Waals surface area contributed by atoms with Gasteiger partial charge in [0.25, 0.3) is 5.91 Å². The Kier molecular flexibility index (Phi) is 7.45. The standard InChI is InChI=1S/C14H20FN3O2S/c1-10(2)7-8-16-14(21)18-17-13(19)9-20-12-5-3-11(15)4-6-12/h3-6,10H,7-9H2,1-2H3,(H,17,19)(H2,16,18,21). The first-order chi connectivity index (χ1) is 9.97. The first-order valence-corrected chi connectivity index (χ1v) is 7.09. The molecule has 5 nitrogen and oxygen atoms in total. The highest BCUT2D eigenvalue weighted by Crippen LogP contribution is 2.10. The quantitative estimate of drug-likeness (QED) is 0.552. The zero-order valence-electron chi connectivity index (χ0n) is 12.1. The molecule has 7 heteroatoms. The van der Waals surface area contributed by atoms with Crippen LogP contribution in [0.1, 0.15) is 20.3 Å². The number of carbonyl (C=O) groups is 1. The normalized spacial score (nSPS) is 10.1. The summed E-state index contributed by atoms with van der Waals surface area (Å²) in [6, 6.07) is 5.43. The molecule has 0 atom stereocenters. The molecule has 0 aliphatic carbocycles. The Balaban J connectivity index is 2.16. The monoisotopic (exact) mass is 313 g/mol. The highest BCUT2D eigenvalue weighted by molar-refractivity contribution is 7.80. The minimum Gasteiger partial charge on any atom is -0.484 e. The van der Waals surface area contributed by atoms with Crippen molar-refractivity contribution in [1.29, 1.82) is 0 Å². The van der Waals surface area contributed by atoms with Crippen LogP contribution in [0.15, 0.2) is 24.3 Å². The van der Waals surface area contributed by atoms with Gasteiger partial charge in [-0.3, -0.25) is 15.6 Å². The van der Waals surface area contributed by atoms with E-state index in [1.807, 2.05) is 0 Å². The average Bonchev–Trinajstić information content (AvgIpc) is 2.44. The number of hydrogen-bond donors (Lipinski definition) is 3. The maximum atomic E-state index is 12.7. The van der Waals surface area contributed by atoms with Crippen molar-refractivity contribution in [1.82, 2.24) is 16.2 Å². The molecule has 3 N–H and O–H groups in total. The van der Waals surface area contributed by atoms with Crippen molar-refractivity contribution in [3.05, 3.63) is 30.1 Å². The molecule has 1 rings (SSSR count). The number of rotatable bonds is 6. The summed E-state index contributed by atoms with van der Waals surface area (Å²) in [5, 5.41) is 3.33. The lowest BCUT2D eigenvalue weighted by molar-refractivity contribution is -0.123. The highest BCUT2D eigenvalue weighted by Gasteiger charge is 2.03. The van der Waals surface area contributed by atoms with Gasteiger partial charge in [-0.05, 0) is 48.8 Å². The topological polar surface area (TPSA) is 62.4 Å². The molecule has 0 aliphatic heterocycles. The zero-order valence-corrected chi connectivity index (χ0v) is 12.9. The van der Waals surface area contributed by atoms with E-state index in [4.69, 9.17) is 17.0 Å². The summed E-state index contributed by atoms with van der Waals surface area (Å²) in [5.41, 5.74) is 4.99. The lowest BCUT2D eigenvalue weighted by Gasteiger charge is -2.12. The Bertz CT molecular complexity index is 466. The third-order valence-corrected chi connectivity index (χ3v) is 2.75. The molecule has 0 spiro atoms. The van der Waals surface area contributed by atoms with Crippen molar-refractivity contribution in [3.63, 3.8) is 0 Å². The third kappa shape index (κ3) is 8.09. The van der Waals surface area contributed by atoms with E-state index in [1.165, 1.54) is 24.3 Å². The summed E-state index contributed by atoms with van der Waals surface area (Å²) < 4.78 is 17.9. The molecule has 0 bridgehead atoms. The second-order valence-corrected chi connectivity index (χ2v) is 5.26. The number of carbonyl (C=O) groups excluding carboxylic acids is 1. The fourth-order valence-electron chi connectivity index (χ4n) is 1.36. The van der Waals surface area contributed by atoms with Gasteiger partial charge in [0.05, 0.1) is 0 Å². The lowest BCUT2D eigenvalue weighted by atomic mass is 10.1. The fourth-order valence-corrected chi connectivity index (χ4v) is 1.51. The van der Waals surface area contributed by atoms with E-state index in [0.29, 0.717) is 16.8 Å². The zero-order chi connectivity index (χ0) is 15.7. The maximum absolute atomic E-state index is 12.7. The molecule has 0 fully saturated rings. The number of hydrazine groups is 1. The molecular formula is C14H20FN3O2S. The molecule has 0 aromatic heterocycles. The van der Waals surface area contributed by atoms with Crippen LogP contribution >= 0.6 is 12.2 Å². The minimum atomic E-state index is -0.382. The first-order valence-electron chi connectivity index (χ1n) is 6.68. The van der Waals surface area contributed by atoms with E-state index in [1.54, 1.807) is 0 Å². The summed E-state index contributed by atoms with van der Waals surface area (Å²) in [6.07, 6.45) is 0.990. The van der Waals surface area contributed by atoms with Gasteiger partial charge in [-0.15, -0.1) is 0 Å². The van der Waals surface area contributed by atoms with Gasteiger partial charge in [-0.1, -0.05) is 13.8 Å². The number of ether oxygens (including phenoxy) is 1. The number of nitrogens with one attached hydrogen (secondary N) is 3. The van der Waals surface area contributed by atoms with Crippen LogP contribution in [0.4, 0.5) is 4.39 Å². The molecule has 116 valence electrons. The smallest absolute Gasteiger partial charge is 0.276 e. The van der Waals surface area contributed by atoms with Crippen LogP contribution in [0.3, 0.4) is 0 Å². The van der Waals surface area contributed by atoms with E-state index in [9.17, 15) is 9.18 Å². The molecule has 0 radical (unpaired) electrons. The van der Waals surface area contributed by atoms with Crippen molar-refractivity contribution in [2.45, 2.75) is 20.3 Å². The van der Waals surface area contributed by atoms with Crippen molar-refractivity contribution in [3.8, 4) is 5.75 Å². The Hall–Kier alpha value is -1.89. The molecule has 1 amide bonds. The molecule has 0 aliphatic rings. The molecule has 21 heavy (non-hydrogen) atoms. The van der Waals surface area contributed by atoms with Crippen LogP contribution in [0.25, 0.3) is 0 Å². The second-order valence-electron chi connectivity index (χ2n) is 4.85. The van der Waals surface area contributed by atoms with Gasteiger partial charge in [-0.2, -0.15) is 0 Å². The molecule has 0 saturated heterocycles. The highest BCUT2D eigenvalue weighted by atomic mass is 32.1.